The van der Waals surface area contributed by atoms with Gasteiger partial charge >= 0.3 is 0 Å². The fourth-order valence-electron chi connectivity index (χ4n) is 1.50. The van der Waals surface area contributed by atoms with Crippen molar-refractivity contribution in [3.8, 4) is 5.75 Å². The van der Waals surface area contributed by atoms with Crippen LogP contribution in [0.5, 0.6) is 5.75 Å². The Bertz CT molecular complexity index is 637. The maximum atomic E-state index is 8.63. The van der Waals surface area contributed by atoms with Crippen molar-refractivity contribution < 1.29 is 5.11 Å². The summed E-state index contributed by atoms with van der Waals surface area (Å²) in [5, 5.41) is 10.5. The molecule has 1 heterocycles. The molecule has 0 atom stereocenters. The molecule has 2 N–H and O–H groups in total. The summed E-state index contributed by atoms with van der Waals surface area (Å²) in [5.74, 6) is 0.322. The highest BCUT2D eigenvalue weighted by molar-refractivity contribution is 9.10. The lowest BCUT2D eigenvalue weighted by molar-refractivity contribution is 0.475. The van der Waals surface area contributed by atoms with Crippen LogP contribution in [0, 0.1) is 0 Å². The van der Waals surface area contributed by atoms with Crippen molar-refractivity contribution >= 4 is 38.4 Å². The number of aromatic hydroxyl groups is 1. The van der Waals surface area contributed by atoms with Crippen LogP contribution in [0.25, 0.3) is 10.9 Å². The van der Waals surface area contributed by atoms with E-state index in [9.17, 15) is 0 Å². The third kappa shape index (κ3) is 3.06. The maximum Gasteiger partial charge on any atom is 0.115 e. The molecule has 2 nitrogen and oxygen atoms in total. The van der Waals surface area contributed by atoms with Crippen LogP contribution in [-0.2, 0) is 0 Å². The average molecular weight is 325 g/mol. The van der Waals surface area contributed by atoms with Crippen molar-refractivity contribution in [3.05, 3.63) is 64.2 Å². The van der Waals surface area contributed by atoms with E-state index < -0.39 is 0 Å². The molecule has 92 valence electrons. The summed E-state index contributed by atoms with van der Waals surface area (Å²) >= 11 is 9.36. The predicted molar refractivity (Wildman–Crippen MR) is 79.1 cm³/mol. The zero-order valence-corrected chi connectivity index (χ0v) is 11.7. The summed E-state index contributed by atoms with van der Waals surface area (Å²) < 4.78 is 0.936. The van der Waals surface area contributed by atoms with E-state index in [0.717, 1.165) is 20.4 Å². The van der Waals surface area contributed by atoms with Gasteiger partial charge in [0, 0.05) is 21.6 Å². The van der Waals surface area contributed by atoms with Crippen LogP contribution in [0.15, 0.2) is 59.2 Å². The summed E-state index contributed by atoms with van der Waals surface area (Å²) in [6.45, 7) is 0. The number of phenolic OH excluding ortho intramolecular Hbond substituents is 1. The molecular weight excluding hydrogens is 314 g/mol. The van der Waals surface area contributed by atoms with Gasteiger partial charge in [0.25, 0.3) is 0 Å². The zero-order chi connectivity index (χ0) is 13.0. The molecular formula is C14H11BrClNO. The molecule has 2 aromatic carbocycles. The molecule has 0 fully saturated rings. The second-order valence-corrected chi connectivity index (χ2v) is 4.87. The molecule has 1 aromatic heterocycles. The molecule has 0 saturated heterocycles. The standard InChI is InChI=1S/C8H5BrClN.C6H6O/c9-6-1-2-7-5(8(6)10)3-4-11-7;7-6-4-2-1-3-5-6/h1-4,11H;1-5,7H. The smallest absolute Gasteiger partial charge is 0.115 e. The van der Waals surface area contributed by atoms with Gasteiger partial charge in [0.15, 0.2) is 0 Å². The number of nitrogens with one attached hydrogen (secondary N) is 1. The van der Waals surface area contributed by atoms with Crippen molar-refractivity contribution in [2.24, 2.45) is 0 Å². The number of benzene rings is 2. The number of fused-ring (bicyclic) bond motifs is 1. The Labute approximate surface area is 118 Å². The Hall–Kier alpha value is -1.45. The van der Waals surface area contributed by atoms with Gasteiger partial charge in [-0.1, -0.05) is 29.8 Å². The molecule has 0 amide bonds. The normalized spacial score (nSPS) is 9.89. The molecule has 0 radical (unpaired) electrons. The number of aromatic nitrogens is 1. The van der Waals surface area contributed by atoms with Gasteiger partial charge in [-0.15, -0.1) is 0 Å². The molecule has 3 rings (SSSR count). The monoisotopic (exact) mass is 323 g/mol. The molecule has 18 heavy (non-hydrogen) atoms. The fourth-order valence-corrected chi connectivity index (χ4v) is 2.07. The lowest BCUT2D eigenvalue weighted by Crippen LogP contribution is -1.70. The van der Waals surface area contributed by atoms with E-state index in [1.165, 1.54) is 0 Å². The SMILES string of the molecule is Clc1c(Br)ccc2[nH]ccc12.Oc1ccccc1. The number of para-hydroxylation sites is 1. The van der Waals surface area contributed by atoms with Gasteiger partial charge in [-0.25, -0.2) is 0 Å². The molecule has 0 unspecified atom stereocenters. The van der Waals surface area contributed by atoms with E-state index in [-0.39, 0.29) is 0 Å². The lowest BCUT2D eigenvalue weighted by Gasteiger charge is -1.95. The van der Waals surface area contributed by atoms with Gasteiger partial charge in [-0.2, -0.15) is 0 Å². The first-order valence-corrected chi connectivity index (χ1v) is 6.50. The minimum absolute atomic E-state index is 0.322. The number of hydrogen-bond acceptors (Lipinski definition) is 1. The Morgan fingerprint density at radius 2 is 1.72 bits per heavy atom. The van der Waals surface area contributed by atoms with Gasteiger partial charge < -0.3 is 10.1 Å². The minimum Gasteiger partial charge on any atom is -0.508 e. The van der Waals surface area contributed by atoms with E-state index in [4.69, 9.17) is 16.7 Å². The third-order valence-electron chi connectivity index (χ3n) is 2.38. The molecule has 0 bridgehead atoms. The van der Waals surface area contributed by atoms with E-state index in [1.54, 1.807) is 24.3 Å². The topological polar surface area (TPSA) is 36.0 Å². The Morgan fingerprint density at radius 1 is 1.00 bits per heavy atom. The molecule has 0 aliphatic carbocycles. The second-order valence-electron chi connectivity index (χ2n) is 3.64. The highest BCUT2D eigenvalue weighted by Gasteiger charge is 2.02. The summed E-state index contributed by atoms with van der Waals surface area (Å²) in [5.41, 5.74) is 1.07. The third-order valence-corrected chi connectivity index (χ3v) is 3.67. The highest BCUT2D eigenvalue weighted by atomic mass is 79.9. The molecule has 0 spiro atoms. The number of hydrogen-bond donors (Lipinski definition) is 2. The van der Waals surface area contributed by atoms with Crippen molar-refractivity contribution in [1.82, 2.24) is 4.98 Å². The van der Waals surface area contributed by atoms with Crippen molar-refractivity contribution in [1.29, 1.82) is 0 Å². The number of aromatic amines is 1. The largest absolute Gasteiger partial charge is 0.508 e. The lowest BCUT2D eigenvalue weighted by atomic mass is 10.2. The molecule has 0 aliphatic heterocycles. The molecule has 0 aliphatic rings. The minimum atomic E-state index is 0.322. The van der Waals surface area contributed by atoms with Crippen LogP contribution in [0.1, 0.15) is 0 Å². The van der Waals surface area contributed by atoms with Gasteiger partial charge in [-0.05, 0) is 46.3 Å². The highest BCUT2D eigenvalue weighted by Crippen LogP contribution is 2.29. The first-order valence-electron chi connectivity index (χ1n) is 5.33. The summed E-state index contributed by atoms with van der Waals surface area (Å²) in [7, 11) is 0. The van der Waals surface area contributed by atoms with Crippen LogP contribution in [0.2, 0.25) is 5.02 Å². The Balaban J connectivity index is 0.000000149. The quantitative estimate of drug-likeness (QED) is 0.601. The number of halogens is 2. The van der Waals surface area contributed by atoms with Gasteiger partial charge in [0.1, 0.15) is 5.75 Å². The predicted octanol–water partition coefficient (Wildman–Crippen LogP) is 4.98. The van der Waals surface area contributed by atoms with E-state index in [1.807, 2.05) is 30.5 Å². The van der Waals surface area contributed by atoms with Gasteiger partial charge in [0.05, 0.1) is 5.02 Å². The Morgan fingerprint density at radius 3 is 2.33 bits per heavy atom. The summed E-state index contributed by atoms with van der Waals surface area (Å²) in [6.07, 6.45) is 1.88. The van der Waals surface area contributed by atoms with Crippen LogP contribution in [-0.4, -0.2) is 10.1 Å². The van der Waals surface area contributed by atoms with E-state index in [2.05, 4.69) is 20.9 Å². The van der Waals surface area contributed by atoms with E-state index in [0.29, 0.717) is 5.75 Å². The maximum absolute atomic E-state index is 8.63. The molecule has 3 aromatic rings. The van der Waals surface area contributed by atoms with Crippen molar-refractivity contribution in [3.63, 3.8) is 0 Å². The second kappa shape index (κ2) is 5.94. The van der Waals surface area contributed by atoms with Gasteiger partial charge in [-0.3, -0.25) is 0 Å². The van der Waals surface area contributed by atoms with Crippen LogP contribution >= 0.6 is 27.5 Å². The van der Waals surface area contributed by atoms with Crippen molar-refractivity contribution in [2.45, 2.75) is 0 Å². The molecule has 0 saturated carbocycles. The van der Waals surface area contributed by atoms with Crippen LogP contribution in [0.4, 0.5) is 0 Å². The summed E-state index contributed by atoms with van der Waals surface area (Å²) in [4.78, 5) is 3.08. The fraction of sp³-hybridized carbons (Fsp3) is 0. The zero-order valence-electron chi connectivity index (χ0n) is 9.40. The van der Waals surface area contributed by atoms with Gasteiger partial charge in [0.2, 0.25) is 0 Å². The van der Waals surface area contributed by atoms with Crippen LogP contribution in [0.3, 0.4) is 0 Å². The van der Waals surface area contributed by atoms with E-state index >= 15 is 0 Å². The number of rotatable bonds is 0. The van der Waals surface area contributed by atoms with Crippen molar-refractivity contribution in [2.75, 3.05) is 0 Å². The first-order chi connectivity index (χ1) is 8.68. The molecule has 4 heteroatoms. The Kier molecular flexibility index (Phi) is 4.28. The summed E-state index contributed by atoms with van der Waals surface area (Å²) in [6, 6.07) is 14.6. The van der Waals surface area contributed by atoms with Crippen LogP contribution < -0.4 is 0 Å². The average Bonchev–Trinajstić information content (AvgIpc) is 2.85. The first kappa shape index (κ1) is 13.0. The number of H-pyrrole nitrogens is 1. The number of phenols is 1.